The number of amides is 1. The molecule has 20 heavy (non-hydrogen) atoms. The van der Waals surface area contributed by atoms with Gasteiger partial charge in [-0.2, -0.15) is 0 Å². The molecule has 1 aromatic heterocycles. The van der Waals surface area contributed by atoms with Gasteiger partial charge < -0.3 is 15.5 Å². The Labute approximate surface area is 122 Å². The van der Waals surface area contributed by atoms with Gasteiger partial charge in [-0.25, -0.2) is 0 Å². The summed E-state index contributed by atoms with van der Waals surface area (Å²) in [4.78, 5) is 12.7. The van der Waals surface area contributed by atoms with E-state index in [0.29, 0.717) is 16.3 Å². The molecule has 0 atom stereocenters. The molecular weight excluding hydrogens is 272 g/mol. The number of fused-ring (bicyclic) bond motifs is 1. The summed E-state index contributed by atoms with van der Waals surface area (Å²) in [5, 5.41) is 3.88. The zero-order valence-electron chi connectivity index (χ0n) is 11.0. The lowest BCUT2D eigenvalue weighted by molar-refractivity contribution is 0.0898. The van der Waals surface area contributed by atoms with E-state index < -0.39 is 5.54 Å². The van der Waals surface area contributed by atoms with Gasteiger partial charge in [0.2, 0.25) is 0 Å². The number of benzene rings is 1. The highest BCUT2D eigenvalue weighted by Crippen LogP contribution is 2.30. The zero-order valence-corrected chi connectivity index (χ0v) is 11.8. The molecule has 1 heterocycles. The minimum atomic E-state index is -0.550. The summed E-state index contributed by atoms with van der Waals surface area (Å²) < 4.78 is 5.57. The Morgan fingerprint density at radius 3 is 2.65 bits per heavy atom. The summed E-state index contributed by atoms with van der Waals surface area (Å²) in [6, 6.07) is 9.28. The molecule has 5 heteroatoms. The van der Waals surface area contributed by atoms with Crippen molar-refractivity contribution in [3.8, 4) is 0 Å². The number of hydrogen-bond acceptors (Lipinski definition) is 3. The topological polar surface area (TPSA) is 68.3 Å². The molecular formula is C15H16N2O2S. The highest BCUT2D eigenvalue weighted by molar-refractivity contribution is 7.80. The molecule has 1 saturated carbocycles. The number of thiocarbonyl (C=S) groups is 1. The Kier molecular flexibility index (Phi) is 3.22. The van der Waals surface area contributed by atoms with Crippen LogP contribution in [-0.2, 0) is 0 Å². The van der Waals surface area contributed by atoms with Gasteiger partial charge in [-0.05, 0) is 25.0 Å². The summed E-state index contributed by atoms with van der Waals surface area (Å²) in [6.07, 6.45) is 3.65. The maximum Gasteiger partial charge on any atom is 0.287 e. The van der Waals surface area contributed by atoms with Gasteiger partial charge in [-0.1, -0.05) is 43.3 Å². The van der Waals surface area contributed by atoms with E-state index in [-0.39, 0.29) is 5.91 Å². The van der Waals surface area contributed by atoms with Crippen LogP contribution >= 0.6 is 12.2 Å². The Balaban J connectivity index is 1.87. The second-order valence-electron chi connectivity index (χ2n) is 5.26. The molecule has 104 valence electrons. The van der Waals surface area contributed by atoms with Crippen LogP contribution in [0.15, 0.2) is 34.7 Å². The third-order valence-electron chi connectivity index (χ3n) is 3.93. The number of para-hydroxylation sites is 1. The van der Waals surface area contributed by atoms with E-state index in [1.165, 1.54) is 0 Å². The first-order valence-electron chi connectivity index (χ1n) is 6.72. The number of furan rings is 1. The van der Waals surface area contributed by atoms with Crippen molar-refractivity contribution in [2.45, 2.75) is 31.2 Å². The number of nitrogens with one attached hydrogen (secondary N) is 1. The summed E-state index contributed by atoms with van der Waals surface area (Å²) in [6.45, 7) is 0. The van der Waals surface area contributed by atoms with Crippen LogP contribution in [0.25, 0.3) is 11.0 Å². The first-order valence-corrected chi connectivity index (χ1v) is 7.13. The van der Waals surface area contributed by atoms with Crippen LogP contribution < -0.4 is 11.1 Å². The van der Waals surface area contributed by atoms with Crippen molar-refractivity contribution in [2.75, 3.05) is 0 Å². The van der Waals surface area contributed by atoms with E-state index in [2.05, 4.69) is 5.32 Å². The molecule has 0 bridgehead atoms. The van der Waals surface area contributed by atoms with Crippen LogP contribution in [0.3, 0.4) is 0 Å². The predicted molar refractivity (Wildman–Crippen MR) is 81.7 cm³/mol. The van der Waals surface area contributed by atoms with Gasteiger partial charge in [0.15, 0.2) is 5.76 Å². The SMILES string of the molecule is NC(=S)C1(NC(=O)c2cc3ccccc3o2)CCCC1. The van der Waals surface area contributed by atoms with E-state index in [0.717, 1.165) is 31.1 Å². The van der Waals surface area contributed by atoms with Crippen molar-refractivity contribution in [2.24, 2.45) is 5.73 Å². The average Bonchev–Trinajstić information content (AvgIpc) is 3.05. The number of rotatable bonds is 3. The molecule has 1 aliphatic carbocycles. The average molecular weight is 288 g/mol. The van der Waals surface area contributed by atoms with E-state index in [4.69, 9.17) is 22.4 Å². The van der Waals surface area contributed by atoms with Crippen molar-refractivity contribution in [1.82, 2.24) is 5.32 Å². The number of carbonyl (C=O) groups excluding carboxylic acids is 1. The molecule has 0 aliphatic heterocycles. The van der Waals surface area contributed by atoms with Crippen molar-refractivity contribution in [3.63, 3.8) is 0 Å². The van der Waals surface area contributed by atoms with Crippen LogP contribution in [0.1, 0.15) is 36.2 Å². The van der Waals surface area contributed by atoms with Gasteiger partial charge in [0.1, 0.15) is 5.58 Å². The van der Waals surface area contributed by atoms with Crippen LogP contribution in [0.5, 0.6) is 0 Å². The molecule has 3 rings (SSSR count). The van der Waals surface area contributed by atoms with Crippen molar-refractivity contribution in [1.29, 1.82) is 0 Å². The van der Waals surface area contributed by atoms with E-state index >= 15 is 0 Å². The molecule has 1 amide bonds. The van der Waals surface area contributed by atoms with Crippen molar-refractivity contribution < 1.29 is 9.21 Å². The standard InChI is InChI=1S/C15H16N2O2S/c16-14(20)15(7-3-4-8-15)17-13(18)12-9-10-5-1-2-6-11(10)19-12/h1-2,5-6,9H,3-4,7-8H2,(H2,16,20)(H,17,18). The van der Waals surface area contributed by atoms with E-state index in [1.54, 1.807) is 6.07 Å². The van der Waals surface area contributed by atoms with E-state index in [1.807, 2.05) is 24.3 Å². The lowest BCUT2D eigenvalue weighted by Crippen LogP contribution is -2.54. The van der Waals surface area contributed by atoms with Crippen LogP contribution in [-0.4, -0.2) is 16.4 Å². The molecule has 0 spiro atoms. The van der Waals surface area contributed by atoms with E-state index in [9.17, 15) is 4.79 Å². The van der Waals surface area contributed by atoms with Crippen LogP contribution in [0.2, 0.25) is 0 Å². The molecule has 4 nitrogen and oxygen atoms in total. The Bertz CT molecular complexity index is 638. The van der Waals surface area contributed by atoms with Gasteiger partial charge in [-0.3, -0.25) is 4.79 Å². The van der Waals surface area contributed by atoms with Crippen LogP contribution in [0, 0.1) is 0 Å². The third kappa shape index (κ3) is 2.18. The summed E-state index contributed by atoms with van der Waals surface area (Å²) >= 11 is 5.13. The smallest absolute Gasteiger partial charge is 0.287 e. The fraction of sp³-hybridized carbons (Fsp3) is 0.333. The highest BCUT2D eigenvalue weighted by atomic mass is 32.1. The Hall–Kier alpha value is -1.88. The molecule has 0 unspecified atom stereocenters. The monoisotopic (exact) mass is 288 g/mol. The molecule has 1 fully saturated rings. The fourth-order valence-corrected chi connectivity index (χ4v) is 3.04. The van der Waals surface area contributed by atoms with Crippen LogP contribution in [0.4, 0.5) is 0 Å². The molecule has 0 radical (unpaired) electrons. The fourth-order valence-electron chi connectivity index (χ4n) is 2.78. The number of hydrogen-bond donors (Lipinski definition) is 2. The minimum absolute atomic E-state index is 0.254. The lowest BCUT2D eigenvalue weighted by Gasteiger charge is -2.28. The second kappa shape index (κ2) is 4.90. The van der Waals surface area contributed by atoms with Gasteiger partial charge in [0.25, 0.3) is 5.91 Å². The Morgan fingerprint density at radius 2 is 2.00 bits per heavy atom. The summed E-state index contributed by atoms with van der Waals surface area (Å²) in [5.74, 6) is 0.0459. The molecule has 1 aliphatic rings. The quantitative estimate of drug-likeness (QED) is 0.852. The van der Waals surface area contributed by atoms with Gasteiger partial charge in [-0.15, -0.1) is 0 Å². The molecule has 0 saturated heterocycles. The van der Waals surface area contributed by atoms with Gasteiger partial charge in [0, 0.05) is 5.39 Å². The maximum absolute atomic E-state index is 12.4. The first kappa shape index (κ1) is 13.1. The van der Waals surface area contributed by atoms with Gasteiger partial charge >= 0.3 is 0 Å². The highest BCUT2D eigenvalue weighted by Gasteiger charge is 2.38. The lowest BCUT2D eigenvalue weighted by atomic mass is 9.97. The number of nitrogens with two attached hydrogens (primary N) is 1. The first-order chi connectivity index (χ1) is 9.61. The van der Waals surface area contributed by atoms with Gasteiger partial charge in [0.05, 0.1) is 10.5 Å². The van der Waals surface area contributed by atoms with Crippen molar-refractivity contribution >= 4 is 34.1 Å². The third-order valence-corrected chi connectivity index (χ3v) is 4.32. The summed E-state index contributed by atoms with van der Waals surface area (Å²) in [5.41, 5.74) is 5.97. The normalized spacial score (nSPS) is 17.2. The minimum Gasteiger partial charge on any atom is -0.451 e. The zero-order chi connectivity index (χ0) is 14.2. The molecule has 1 aromatic carbocycles. The number of carbonyl (C=O) groups is 1. The maximum atomic E-state index is 12.4. The largest absolute Gasteiger partial charge is 0.451 e. The molecule has 2 aromatic rings. The summed E-state index contributed by atoms with van der Waals surface area (Å²) in [7, 11) is 0. The predicted octanol–water partition coefficient (Wildman–Crippen LogP) is 2.76. The van der Waals surface area contributed by atoms with Crippen molar-refractivity contribution in [3.05, 3.63) is 36.1 Å². The Morgan fingerprint density at radius 1 is 1.30 bits per heavy atom. The molecule has 3 N–H and O–H groups in total. The second-order valence-corrected chi connectivity index (χ2v) is 5.70.